The first kappa shape index (κ1) is 20.3. The van der Waals surface area contributed by atoms with Crippen LogP contribution in [0.5, 0.6) is 5.88 Å². The largest absolute Gasteiger partial charge is 0.474 e. The van der Waals surface area contributed by atoms with Gasteiger partial charge in [0, 0.05) is 12.8 Å². The van der Waals surface area contributed by atoms with Crippen LogP contribution < -0.4 is 4.74 Å². The molecule has 2 N–H and O–H groups in total. The molecule has 0 amide bonds. The highest BCUT2D eigenvalue weighted by atomic mass is 35.5. The summed E-state index contributed by atoms with van der Waals surface area (Å²) in [5.74, 6) is -0.702. The molecule has 1 aromatic carbocycles. The van der Waals surface area contributed by atoms with Gasteiger partial charge in [-0.25, -0.2) is 9.02 Å². The lowest BCUT2D eigenvalue weighted by molar-refractivity contribution is 0.0967. The predicted molar refractivity (Wildman–Crippen MR) is 95.6 cm³/mol. The molecule has 2 heterocycles. The van der Waals surface area contributed by atoms with Gasteiger partial charge in [-0.15, -0.1) is 10.2 Å². The number of aromatic nitrogens is 6. The summed E-state index contributed by atoms with van der Waals surface area (Å²) in [4.78, 5) is 11.8. The van der Waals surface area contributed by atoms with Gasteiger partial charge in [-0.3, -0.25) is 4.79 Å². The number of carbonyl (C=O) groups excluding carboxylic acids is 1. The Morgan fingerprint density at radius 1 is 1.34 bits per heavy atom. The average molecular weight is 424 g/mol. The Bertz CT molecular complexity index is 993. The number of H-pyrrole nitrogens is 1. The fraction of sp³-hybridized carbons (Fsp3) is 0.312. The summed E-state index contributed by atoms with van der Waals surface area (Å²) in [6.07, 6.45) is 1.40. The number of unbranched alkanes of at least 4 members (excludes halogenated alkanes) is 1. The zero-order chi connectivity index (χ0) is 20.6. The van der Waals surface area contributed by atoms with Crippen molar-refractivity contribution in [1.82, 2.24) is 30.9 Å². The van der Waals surface area contributed by atoms with Crippen LogP contribution in [0.25, 0.3) is 0 Å². The van der Waals surface area contributed by atoms with E-state index in [0.717, 1.165) is 0 Å². The van der Waals surface area contributed by atoms with Crippen molar-refractivity contribution in [3.63, 3.8) is 0 Å². The number of nitrogens with zero attached hydrogens (tertiary/aromatic N) is 6. The number of ether oxygens (including phenoxy) is 1. The monoisotopic (exact) mass is 423 g/mol. The fourth-order valence-corrected chi connectivity index (χ4v) is 2.61. The van der Waals surface area contributed by atoms with E-state index in [9.17, 15) is 14.4 Å². The van der Waals surface area contributed by atoms with Crippen molar-refractivity contribution < 1.29 is 23.8 Å². The maximum atomic E-state index is 13.3. The Labute approximate surface area is 167 Å². The van der Waals surface area contributed by atoms with E-state index < -0.39 is 5.82 Å². The highest BCUT2D eigenvalue weighted by Gasteiger charge is 2.20. The number of rotatable bonds is 10. The van der Waals surface area contributed by atoms with Crippen molar-refractivity contribution >= 4 is 23.1 Å². The molecule has 0 aliphatic carbocycles. The lowest BCUT2D eigenvalue weighted by Crippen LogP contribution is -2.10. The Balaban J connectivity index is 1.52. The number of tetrazole rings is 1. The summed E-state index contributed by atoms with van der Waals surface area (Å²) in [6, 6.07) is 4.12. The van der Waals surface area contributed by atoms with Gasteiger partial charge in [0.15, 0.2) is 5.69 Å². The zero-order valence-corrected chi connectivity index (χ0v) is 15.6. The minimum absolute atomic E-state index is 0.0375. The average Bonchev–Trinajstić information content (AvgIpc) is 3.40. The summed E-state index contributed by atoms with van der Waals surface area (Å²) >= 11 is 5.76. The third kappa shape index (κ3) is 5.31. The molecule has 0 spiro atoms. The van der Waals surface area contributed by atoms with Crippen LogP contribution in [0, 0.1) is 5.82 Å². The molecule has 3 aromatic rings. The van der Waals surface area contributed by atoms with Gasteiger partial charge in [0.05, 0.1) is 11.6 Å². The first-order valence-electron chi connectivity index (χ1n) is 8.45. The summed E-state index contributed by atoms with van der Waals surface area (Å²) in [7, 11) is 0. The fourth-order valence-electron chi connectivity index (χ4n) is 2.41. The van der Waals surface area contributed by atoms with Crippen LogP contribution in [-0.4, -0.2) is 54.2 Å². The van der Waals surface area contributed by atoms with E-state index in [1.54, 1.807) is 0 Å². The van der Waals surface area contributed by atoms with Crippen LogP contribution in [0.1, 0.15) is 41.1 Å². The molecule has 29 heavy (non-hydrogen) atoms. The standard InChI is InChI=1S/C16H15ClFN7O4/c17-10-7-9(4-5-11(10)18)8-12(21-27)14-16(23-29-22-14)28-6-2-1-3-13(26)15-19-24-25-20-15/h4-5,7,27H,1-3,6,8H2,(H,19,20,24,25). The number of hydrogen-bond acceptors (Lipinski definition) is 10. The lowest BCUT2D eigenvalue weighted by Gasteiger charge is -2.06. The molecule has 11 nitrogen and oxygen atoms in total. The number of halogens is 2. The van der Waals surface area contributed by atoms with Crippen LogP contribution in [0.2, 0.25) is 5.02 Å². The quantitative estimate of drug-likeness (QED) is 0.164. The van der Waals surface area contributed by atoms with Gasteiger partial charge in [0.2, 0.25) is 11.6 Å². The molecule has 2 aromatic heterocycles. The van der Waals surface area contributed by atoms with Crippen molar-refractivity contribution in [2.24, 2.45) is 5.16 Å². The highest BCUT2D eigenvalue weighted by Crippen LogP contribution is 2.20. The van der Waals surface area contributed by atoms with Gasteiger partial charge in [-0.05, 0) is 46.1 Å². The number of oxime groups is 1. The number of hydrogen-bond donors (Lipinski definition) is 2. The van der Waals surface area contributed by atoms with Crippen LogP contribution in [-0.2, 0) is 6.42 Å². The minimum Gasteiger partial charge on any atom is -0.474 e. The maximum absolute atomic E-state index is 13.3. The van der Waals surface area contributed by atoms with Gasteiger partial charge in [0.25, 0.3) is 5.88 Å². The molecular formula is C16H15ClFN7O4. The zero-order valence-electron chi connectivity index (χ0n) is 14.9. The van der Waals surface area contributed by atoms with Crippen molar-refractivity contribution in [2.75, 3.05) is 6.61 Å². The Morgan fingerprint density at radius 2 is 2.21 bits per heavy atom. The van der Waals surface area contributed by atoms with Gasteiger partial charge >= 0.3 is 0 Å². The molecule has 0 bridgehead atoms. The van der Waals surface area contributed by atoms with E-state index in [0.29, 0.717) is 18.4 Å². The van der Waals surface area contributed by atoms with E-state index >= 15 is 0 Å². The molecule has 0 radical (unpaired) electrons. The van der Waals surface area contributed by atoms with E-state index in [1.165, 1.54) is 18.2 Å². The normalized spacial score (nSPS) is 11.6. The molecule has 0 aliphatic heterocycles. The number of aromatic amines is 1. The third-order valence-electron chi connectivity index (χ3n) is 3.84. The number of nitrogens with one attached hydrogen (secondary N) is 1. The van der Waals surface area contributed by atoms with Gasteiger partial charge in [0.1, 0.15) is 11.5 Å². The van der Waals surface area contributed by atoms with Crippen molar-refractivity contribution in [1.29, 1.82) is 0 Å². The van der Waals surface area contributed by atoms with Gasteiger partial charge in [-0.2, -0.15) is 5.21 Å². The van der Waals surface area contributed by atoms with E-state index in [2.05, 4.69) is 40.7 Å². The molecule has 3 rings (SSSR count). The summed E-state index contributed by atoms with van der Waals surface area (Å²) in [5, 5.41) is 32.6. The lowest BCUT2D eigenvalue weighted by atomic mass is 10.1. The summed E-state index contributed by atoms with van der Waals surface area (Å²) < 4.78 is 23.5. The van der Waals surface area contributed by atoms with Crippen LogP contribution in [0.3, 0.4) is 0 Å². The van der Waals surface area contributed by atoms with Crippen molar-refractivity contribution in [3.8, 4) is 5.88 Å². The van der Waals surface area contributed by atoms with E-state index in [-0.39, 0.29) is 53.4 Å². The summed E-state index contributed by atoms with van der Waals surface area (Å²) in [5.41, 5.74) is 0.810. The molecule has 152 valence electrons. The molecule has 0 saturated heterocycles. The first-order chi connectivity index (χ1) is 14.1. The smallest absolute Gasteiger partial charge is 0.285 e. The van der Waals surface area contributed by atoms with Crippen LogP contribution in [0.4, 0.5) is 4.39 Å². The maximum Gasteiger partial charge on any atom is 0.285 e. The second-order valence-corrected chi connectivity index (χ2v) is 6.26. The minimum atomic E-state index is -0.553. The Hall–Kier alpha value is -3.41. The number of ketones is 1. The van der Waals surface area contributed by atoms with Crippen LogP contribution in [0.15, 0.2) is 28.0 Å². The third-order valence-corrected chi connectivity index (χ3v) is 4.13. The van der Waals surface area contributed by atoms with Crippen LogP contribution >= 0.6 is 11.6 Å². The molecule has 13 heteroatoms. The van der Waals surface area contributed by atoms with Crippen molar-refractivity contribution in [3.05, 3.63) is 46.1 Å². The molecule has 0 unspecified atom stereocenters. The Kier molecular flexibility index (Phi) is 6.79. The van der Waals surface area contributed by atoms with Crippen molar-refractivity contribution in [2.45, 2.75) is 25.7 Å². The Morgan fingerprint density at radius 3 is 2.93 bits per heavy atom. The SMILES string of the molecule is O=C(CCCCOc1nonc1C(Cc1ccc(F)c(Cl)c1)=NO)c1nn[nH]n1. The number of Topliss-reactive ketones (excluding diaryl/α,β-unsaturated/α-hetero) is 1. The first-order valence-corrected chi connectivity index (χ1v) is 8.83. The molecule has 0 aliphatic rings. The molecule has 0 saturated carbocycles. The molecular weight excluding hydrogens is 409 g/mol. The topological polar surface area (TPSA) is 152 Å². The summed E-state index contributed by atoms with van der Waals surface area (Å²) in [6.45, 7) is 0.224. The van der Waals surface area contributed by atoms with Gasteiger partial charge in [-0.1, -0.05) is 22.8 Å². The number of carbonyl (C=O) groups is 1. The van der Waals surface area contributed by atoms with E-state index in [1.807, 2.05) is 0 Å². The predicted octanol–water partition coefficient (Wildman–Crippen LogP) is 2.23. The van der Waals surface area contributed by atoms with E-state index in [4.69, 9.17) is 16.3 Å². The second-order valence-electron chi connectivity index (χ2n) is 5.85. The molecule has 0 atom stereocenters. The second kappa shape index (κ2) is 9.68. The number of benzene rings is 1. The highest BCUT2D eigenvalue weighted by molar-refractivity contribution is 6.30. The van der Waals surface area contributed by atoms with Gasteiger partial charge < -0.3 is 9.94 Å². The molecule has 0 fully saturated rings.